The van der Waals surface area contributed by atoms with Crippen molar-refractivity contribution >= 4 is 17.8 Å². The second kappa shape index (κ2) is 15.1. The number of ether oxygens (including phenoxy) is 7. The van der Waals surface area contributed by atoms with Gasteiger partial charge in [0.1, 0.15) is 11.8 Å². The molecule has 14 heteroatoms. The molecule has 1 aliphatic carbocycles. The first kappa shape index (κ1) is 39.8. The lowest BCUT2D eigenvalue weighted by molar-refractivity contribution is -0.238. The summed E-state index contributed by atoms with van der Waals surface area (Å²) < 4.78 is 39.9. The highest BCUT2D eigenvalue weighted by molar-refractivity contribution is 6.00. The van der Waals surface area contributed by atoms with E-state index in [1.54, 1.807) is 65.1 Å². The van der Waals surface area contributed by atoms with Gasteiger partial charge in [0, 0.05) is 24.0 Å². The molecule has 1 radical (unpaired) electrons. The topological polar surface area (TPSA) is 154 Å². The van der Waals surface area contributed by atoms with Gasteiger partial charge in [-0.2, -0.15) is 0 Å². The third-order valence-electron chi connectivity index (χ3n) is 11.7. The molecule has 1 fully saturated rings. The van der Waals surface area contributed by atoms with E-state index in [1.807, 2.05) is 31.2 Å². The van der Waals surface area contributed by atoms with Crippen LogP contribution >= 0.6 is 0 Å². The summed E-state index contributed by atoms with van der Waals surface area (Å²) in [5, 5.41) is 17.7. The molecule has 1 saturated heterocycles. The van der Waals surface area contributed by atoms with Crippen molar-refractivity contribution in [2.24, 2.45) is 11.8 Å². The van der Waals surface area contributed by atoms with Crippen molar-refractivity contribution in [1.82, 2.24) is 15.3 Å². The Balaban J connectivity index is 1.36. The summed E-state index contributed by atoms with van der Waals surface area (Å²) in [7, 11) is 6.13. The Morgan fingerprint density at radius 2 is 1.53 bits per heavy atom. The predicted octanol–water partition coefficient (Wildman–Crippen LogP) is 5.67. The number of rotatable bonds is 12. The summed E-state index contributed by atoms with van der Waals surface area (Å²) in [6.07, 6.45) is 2.23. The Kier molecular flexibility index (Phi) is 10.5. The van der Waals surface area contributed by atoms with Gasteiger partial charge >= 0.3 is 5.97 Å². The highest BCUT2D eigenvalue weighted by atomic mass is 16.7. The van der Waals surface area contributed by atoms with Gasteiger partial charge in [0.2, 0.25) is 18.4 Å². The van der Waals surface area contributed by atoms with Crippen molar-refractivity contribution in [1.29, 1.82) is 0 Å². The minimum Gasteiger partial charge on any atom is -0.497 e. The molecule has 3 aromatic carbocycles. The fourth-order valence-electron chi connectivity index (χ4n) is 9.01. The first-order valence-electron chi connectivity index (χ1n) is 19.1. The van der Waals surface area contributed by atoms with Crippen LogP contribution in [0.25, 0.3) is 0 Å². The monoisotopic (exact) mass is 784 g/mol. The fraction of sp³-hybridized carbons (Fsp3) is 0.465. The summed E-state index contributed by atoms with van der Waals surface area (Å²) >= 11 is 0. The van der Waals surface area contributed by atoms with Crippen LogP contribution in [0.4, 0.5) is 0 Å². The van der Waals surface area contributed by atoms with Crippen LogP contribution in [0.2, 0.25) is 0 Å². The number of hydroxylamine groups is 2. The van der Waals surface area contributed by atoms with Gasteiger partial charge in [-0.25, -0.2) is 0 Å². The summed E-state index contributed by atoms with van der Waals surface area (Å²) in [5.41, 5.74) is 0.878. The first-order chi connectivity index (χ1) is 27.2. The van der Waals surface area contributed by atoms with E-state index in [9.17, 15) is 14.8 Å². The number of esters is 1. The molecule has 0 spiro atoms. The highest BCUT2D eigenvalue weighted by Gasteiger charge is 2.54. The van der Waals surface area contributed by atoms with Gasteiger partial charge in [0.05, 0.1) is 58.1 Å². The molecular weight excluding hydrogens is 734 g/mol. The lowest BCUT2D eigenvalue weighted by atomic mass is 9.65. The zero-order chi connectivity index (χ0) is 41.0. The van der Waals surface area contributed by atoms with E-state index in [2.05, 4.69) is 5.32 Å². The molecule has 7 rings (SSSR count). The Morgan fingerprint density at radius 1 is 0.895 bits per heavy atom. The van der Waals surface area contributed by atoms with Gasteiger partial charge in [0.25, 0.3) is 5.91 Å². The van der Waals surface area contributed by atoms with E-state index >= 15 is 4.79 Å². The predicted molar refractivity (Wildman–Crippen MR) is 206 cm³/mol. The van der Waals surface area contributed by atoms with Crippen molar-refractivity contribution < 1.29 is 52.7 Å². The van der Waals surface area contributed by atoms with E-state index in [0.717, 1.165) is 10.6 Å². The number of hydrogen-bond donors (Lipinski definition) is 1. The smallest absolute Gasteiger partial charge is 0.310 e. The lowest BCUT2D eigenvalue weighted by Gasteiger charge is -2.41. The number of hydrogen-bond acceptors (Lipinski definition) is 11. The SMILES string of the molecule is CCCN(C(=O)C1=CC(C)(C)N([O])C1(C)C)C(C(=O)N[C@@H]1c2cc3c(cc2[C@@H](c2cc(OC)c(OC)c(OC)c2)[C@H]2C(=O)OC[C@@H]21)OCO3)c1ccc(OC)cc1. The molecule has 0 saturated carbocycles. The van der Waals surface area contributed by atoms with E-state index in [-0.39, 0.29) is 19.9 Å². The molecule has 3 heterocycles. The summed E-state index contributed by atoms with van der Waals surface area (Å²) in [6.45, 7) is 9.15. The second-order valence-electron chi connectivity index (χ2n) is 15.8. The average molecular weight is 785 g/mol. The largest absolute Gasteiger partial charge is 0.497 e. The van der Waals surface area contributed by atoms with E-state index in [1.165, 1.54) is 26.2 Å². The van der Waals surface area contributed by atoms with Crippen molar-refractivity contribution in [2.45, 2.75) is 70.1 Å². The van der Waals surface area contributed by atoms with Crippen molar-refractivity contribution in [3.8, 4) is 34.5 Å². The maximum absolute atomic E-state index is 15.2. The maximum Gasteiger partial charge on any atom is 0.310 e. The molecule has 57 heavy (non-hydrogen) atoms. The molecule has 3 aromatic rings. The van der Waals surface area contributed by atoms with Crippen molar-refractivity contribution in [3.05, 3.63) is 82.4 Å². The van der Waals surface area contributed by atoms with E-state index < -0.39 is 58.7 Å². The fourth-order valence-corrected chi connectivity index (χ4v) is 9.01. The molecule has 303 valence electrons. The number of carbonyl (C=O) groups is 3. The third kappa shape index (κ3) is 6.67. The number of fused-ring (bicyclic) bond motifs is 3. The number of benzene rings is 3. The van der Waals surface area contributed by atoms with Gasteiger partial charge in [-0.3, -0.25) is 14.4 Å². The van der Waals surface area contributed by atoms with Gasteiger partial charge in [0.15, 0.2) is 23.0 Å². The molecule has 5 atom stereocenters. The van der Waals surface area contributed by atoms with Crippen molar-refractivity contribution in [3.63, 3.8) is 0 Å². The standard InChI is InChI=1S/C43H50N3O11/c1-10-15-45(40(48)29-20-42(2,3)46(50)43(29,4)5)37(23-11-13-25(51-6)14-12-23)39(47)44-36-27-19-31-30(56-22-57-31)18-26(27)34(35-28(36)21-55-41(35)49)24-16-32(52-7)38(54-9)33(17-24)53-8/h11-14,16-20,28,34-37H,10,15,21-22H2,1-9H3,(H,44,47)/t28-,34+,35-,36+,37?/m0/s1. The van der Waals surface area contributed by atoms with Crippen LogP contribution in [0.1, 0.15) is 81.3 Å². The number of methoxy groups -OCH3 is 4. The Hall–Kier alpha value is -5.47. The van der Waals surface area contributed by atoms with Gasteiger partial charge in [-0.05, 0) is 92.8 Å². The normalized spacial score (nSPS) is 23.1. The zero-order valence-corrected chi connectivity index (χ0v) is 33.8. The summed E-state index contributed by atoms with van der Waals surface area (Å²) in [5.74, 6) is -0.350. The van der Waals surface area contributed by atoms with E-state index in [4.69, 9.17) is 33.2 Å². The number of amides is 2. The zero-order valence-electron chi connectivity index (χ0n) is 33.8. The Labute approximate surface area is 332 Å². The number of cyclic esters (lactones) is 1. The van der Waals surface area contributed by atoms with Crippen molar-refractivity contribution in [2.75, 3.05) is 48.4 Å². The minimum atomic E-state index is -1.16. The molecule has 14 nitrogen and oxygen atoms in total. The van der Waals surface area contributed by atoms with E-state index in [0.29, 0.717) is 63.2 Å². The van der Waals surface area contributed by atoms with Gasteiger partial charge in [-0.15, -0.1) is 10.3 Å². The number of nitrogens with zero attached hydrogens (tertiary/aromatic N) is 2. The third-order valence-corrected chi connectivity index (χ3v) is 11.7. The van der Waals surface area contributed by atoms with Crippen LogP contribution in [0.5, 0.6) is 34.5 Å². The maximum atomic E-state index is 15.2. The molecule has 1 N–H and O–H groups in total. The molecule has 2 amide bonds. The van der Waals surface area contributed by atoms with Crippen LogP contribution < -0.4 is 33.7 Å². The number of carbonyl (C=O) groups excluding carboxylic acids is 3. The van der Waals surface area contributed by atoms with Crippen LogP contribution in [-0.2, 0) is 24.3 Å². The summed E-state index contributed by atoms with van der Waals surface area (Å²) in [4.78, 5) is 45.4. The Bertz CT molecular complexity index is 2070. The van der Waals surface area contributed by atoms with Crippen LogP contribution in [0.3, 0.4) is 0 Å². The molecule has 3 aliphatic heterocycles. The van der Waals surface area contributed by atoms with Crippen LogP contribution in [-0.4, -0.2) is 87.2 Å². The quantitative estimate of drug-likeness (QED) is 0.226. The molecular formula is C43H50N3O11. The summed E-state index contributed by atoms with van der Waals surface area (Å²) in [6, 6.07) is 12.4. The lowest BCUT2D eigenvalue weighted by Crippen LogP contribution is -2.51. The van der Waals surface area contributed by atoms with Crippen LogP contribution in [0.15, 0.2) is 60.2 Å². The molecule has 0 bridgehead atoms. The average Bonchev–Trinajstić information content (AvgIpc) is 3.87. The molecule has 4 aliphatic rings. The van der Waals surface area contributed by atoms with Gasteiger partial charge < -0.3 is 43.4 Å². The van der Waals surface area contributed by atoms with Crippen LogP contribution in [0, 0.1) is 11.8 Å². The number of nitrogens with one attached hydrogen (secondary N) is 1. The first-order valence-corrected chi connectivity index (χ1v) is 19.1. The molecule has 1 unspecified atom stereocenters. The minimum absolute atomic E-state index is 0.0103. The van der Waals surface area contributed by atoms with Gasteiger partial charge in [-0.1, -0.05) is 25.1 Å². The second-order valence-corrected chi connectivity index (χ2v) is 15.8. The highest BCUT2D eigenvalue weighted by Crippen LogP contribution is 2.56. The Morgan fingerprint density at radius 3 is 2.07 bits per heavy atom. The molecule has 0 aromatic heterocycles.